The third-order valence-corrected chi connectivity index (χ3v) is 4.36. The summed E-state index contributed by atoms with van der Waals surface area (Å²) in [5.74, 6) is -0.981. The molecule has 0 saturated heterocycles. The van der Waals surface area contributed by atoms with E-state index in [1.165, 1.54) is 0 Å². The van der Waals surface area contributed by atoms with E-state index in [-0.39, 0.29) is 4.88 Å². The minimum absolute atomic E-state index is 0.188. The van der Waals surface area contributed by atoms with Crippen molar-refractivity contribution < 1.29 is 9.90 Å². The molecule has 0 fully saturated rings. The molecule has 2 aromatic rings. The highest BCUT2D eigenvalue weighted by Gasteiger charge is 2.20. The van der Waals surface area contributed by atoms with Gasteiger partial charge in [-0.05, 0) is 18.7 Å². The number of thiophene rings is 1. The molecular formula is C12H13N3O2S. The summed E-state index contributed by atoms with van der Waals surface area (Å²) in [6.07, 6.45) is 0.905. The second-order valence-corrected chi connectivity index (χ2v) is 5.58. The van der Waals surface area contributed by atoms with E-state index in [0.29, 0.717) is 5.69 Å². The van der Waals surface area contributed by atoms with Crippen LogP contribution in [-0.2, 0) is 13.0 Å². The van der Waals surface area contributed by atoms with Gasteiger partial charge in [-0.15, -0.1) is 11.3 Å². The summed E-state index contributed by atoms with van der Waals surface area (Å²) in [7, 11) is 2.06. The van der Waals surface area contributed by atoms with Crippen molar-refractivity contribution in [2.24, 2.45) is 0 Å². The molecule has 0 aliphatic carbocycles. The number of rotatable bonds is 1. The minimum atomic E-state index is -0.981. The molecule has 1 aliphatic rings. The van der Waals surface area contributed by atoms with Crippen LogP contribution in [0.2, 0.25) is 0 Å². The maximum absolute atomic E-state index is 11.1. The lowest BCUT2D eigenvalue weighted by Crippen LogP contribution is -2.27. The molecule has 3 N–H and O–H groups in total. The fraction of sp³-hybridized carbons (Fsp3) is 0.333. The Hall–Kier alpha value is -1.66. The fourth-order valence-electron chi connectivity index (χ4n) is 2.30. The van der Waals surface area contributed by atoms with Crippen molar-refractivity contribution in [3.63, 3.8) is 0 Å². The molecule has 3 rings (SSSR count). The third-order valence-electron chi connectivity index (χ3n) is 3.25. The van der Waals surface area contributed by atoms with Gasteiger partial charge >= 0.3 is 5.97 Å². The van der Waals surface area contributed by atoms with Crippen LogP contribution in [0.4, 0.5) is 5.69 Å². The first-order valence-electron chi connectivity index (χ1n) is 5.69. The van der Waals surface area contributed by atoms with E-state index in [2.05, 4.69) is 16.9 Å². The van der Waals surface area contributed by atoms with Gasteiger partial charge in [-0.3, -0.25) is 0 Å². The van der Waals surface area contributed by atoms with E-state index in [9.17, 15) is 4.79 Å². The Bertz CT molecular complexity index is 650. The first-order valence-corrected chi connectivity index (χ1v) is 6.50. The molecule has 94 valence electrons. The van der Waals surface area contributed by atoms with Gasteiger partial charge in [0.25, 0.3) is 0 Å². The van der Waals surface area contributed by atoms with Crippen molar-refractivity contribution in [2.45, 2.75) is 13.0 Å². The van der Waals surface area contributed by atoms with Crippen LogP contribution >= 0.6 is 11.3 Å². The number of nitrogens with two attached hydrogens (primary N) is 1. The van der Waals surface area contributed by atoms with Gasteiger partial charge in [-0.2, -0.15) is 0 Å². The van der Waals surface area contributed by atoms with Crippen molar-refractivity contribution in [1.29, 1.82) is 0 Å². The first kappa shape index (κ1) is 11.4. The molecule has 0 unspecified atom stereocenters. The maximum Gasteiger partial charge on any atom is 0.348 e. The Labute approximate surface area is 108 Å². The number of fused-ring (bicyclic) bond motifs is 2. The minimum Gasteiger partial charge on any atom is -0.477 e. The number of hydrogen-bond acceptors (Lipinski definition) is 5. The lowest BCUT2D eigenvalue weighted by Gasteiger charge is -2.23. The molecular weight excluding hydrogens is 250 g/mol. The number of aromatic nitrogens is 1. The Balaban J connectivity index is 2.22. The molecule has 5 nitrogen and oxygen atoms in total. The quantitative estimate of drug-likeness (QED) is 0.816. The van der Waals surface area contributed by atoms with E-state index < -0.39 is 5.97 Å². The predicted octanol–water partition coefficient (Wildman–Crippen LogP) is 1.56. The summed E-state index contributed by atoms with van der Waals surface area (Å²) in [6, 6.07) is 1.99. The first-order chi connectivity index (χ1) is 8.56. The summed E-state index contributed by atoms with van der Waals surface area (Å²) in [4.78, 5) is 18.8. The number of hydrogen-bond donors (Lipinski definition) is 2. The molecule has 0 bridgehead atoms. The van der Waals surface area contributed by atoms with Crippen LogP contribution in [0, 0.1) is 0 Å². The van der Waals surface area contributed by atoms with E-state index in [0.717, 1.165) is 52.3 Å². The monoisotopic (exact) mass is 263 g/mol. The van der Waals surface area contributed by atoms with Crippen LogP contribution in [0.3, 0.4) is 0 Å². The Morgan fingerprint density at radius 2 is 2.39 bits per heavy atom. The summed E-state index contributed by atoms with van der Waals surface area (Å²) >= 11 is 1.16. The van der Waals surface area contributed by atoms with Gasteiger partial charge in [0.1, 0.15) is 9.71 Å². The largest absolute Gasteiger partial charge is 0.477 e. The second-order valence-electron chi connectivity index (χ2n) is 4.58. The van der Waals surface area contributed by atoms with Gasteiger partial charge in [0.2, 0.25) is 0 Å². The highest BCUT2D eigenvalue weighted by molar-refractivity contribution is 7.21. The summed E-state index contributed by atoms with van der Waals surface area (Å²) in [5.41, 5.74) is 8.44. The third kappa shape index (κ3) is 1.65. The number of carboxylic acids is 1. The van der Waals surface area contributed by atoms with Crippen LogP contribution in [0.1, 0.15) is 20.9 Å². The van der Waals surface area contributed by atoms with Gasteiger partial charge in [0.15, 0.2) is 0 Å². The van der Waals surface area contributed by atoms with E-state index in [1.807, 2.05) is 6.07 Å². The van der Waals surface area contributed by atoms with Crippen molar-refractivity contribution in [3.05, 3.63) is 22.2 Å². The molecule has 1 aliphatic heterocycles. The normalized spacial score (nSPS) is 15.8. The number of anilines is 1. The zero-order chi connectivity index (χ0) is 12.9. The average molecular weight is 263 g/mol. The maximum atomic E-state index is 11.1. The molecule has 6 heteroatoms. The zero-order valence-corrected chi connectivity index (χ0v) is 10.8. The van der Waals surface area contributed by atoms with Gasteiger partial charge in [0, 0.05) is 30.6 Å². The van der Waals surface area contributed by atoms with E-state index in [4.69, 9.17) is 10.8 Å². The highest BCUT2D eigenvalue weighted by atomic mass is 32.1. The van der Waals surface area contributed by atoms with Crippen molar-refractivity contribution in [2.75, 3.05) is 19.3 Å². The van der Waals surface area contributed by atoms with Crippen LogP contribution in [-0.4, -0.2) is 34.6 Å². The molecule has 0 saturated carbocycles. The fourth-order valence-corrected chi connectivity index (χ4v) is 3.23. The van der Waals surface area contributed by atoms with Crippen LogP contribution < -0.4 is 5.73 Å². The number of carboxylic acid groups (broad SMARTS) is 1. The highest BCUT2D eigenvalue weighted by Crippen LogP contribution is 2.34. The number of nitrogen functional groups attached to an aromatic ring is 1. The van der Waals surface area contributed by atoms with Gasteiger partial charge in [-0.1, -0.05) is 0 Å². The van der Waals surface area contributed by atoms with Gasteiger partial charge in [-0.25, -0.2) is 9.78 Å². The Morgan fingerprint density at radius 3 is 3.11 bits per heavy atom. The molecule has 0 aromatic carbocycles. The molecule has 2 aromatic heterocycles. The number of carbonyl (C=O) groups is 1. The summed E-state index contributed by atoms with van der Waals surface area (Å²) < 4.78 is 0. The second kappa shape index (κ2) is 3.93. The van der Waals surface area contributed by atoms with Gasteiger partial charge in [0.05, 0.1) is 5.69 Å². The predicted molar refractivity (Wildman–Crippen MR) is 71.0 cm³/mol. The molecule has 0 radical (unpaired) electrons. The van der Waals surface area contributed by atoms with Crippen molar-refractivity contribution >= 4 is 33.2 Å². The molecule has 0 atom stereocenters. The summed E-state index contributed by atoms with van der Waals surface area (Å²) in [6.45, 7) is 1.83. The van der Waals surface area contributed by atoms with Crippen LogP contribution in [0.25, 0.3) is 10.2 Å². The molecule has 3 heterocycles. The lowest BCUT2D eigenvalue weighted by molar-refractivity contribution is 0.0703. The molecule has 18 heavy (non-hydrogen) atoms. The van der Waals surface area contributed by atoms with Crippen LogP contribution in [0.5, 0.6) is 0 Å². The SMILES string of the molecule is CN1CCc2nc3sc(C(=O)O)c(N)c3cc2C1. The summed E-state index contributed by atoms with van der Waals surface area (Å²) in [5, 5.41) is 9.84. The zero-order valence-electron chi connectivity index (χ0n) is 9.93. The van der Waals surface area contributed by atoms with Crippen molar-refractivity contribution in [1.82, 2.24) is 9.88 Å². The number of likely N-dealkylation sites (N-methyl/N-ethyl adjacent to an activating group) is 1. The lowest BCUT2D eigenvalue weighted by atomic mass is 10.0. The van der Waals surface area contributed by atoms with Crippen LogP contribution in [0.15, 0.2) is 6.07 Å². The van der Waals surface area contributed by atoms with Gasteiger partial charge < -0.3 is 15.7 Å². The topological polar surface area (TPSA) is 79.5 Å². The van der Waals surface area contributed by atoms with Crippen molar-refractivity contribution in [3.8, 4) is 0 Å². The smallest absolute Gasteiger partial charge is 0.348 e. The van der Waals surface area contributed by atoms with E-state index >= 15 is 0 Å². The molecule has 0 spiro atoms. The number of aromatic carboxylic acids is 1. The average Bonchev–Trinajstić information content (AvgIpc) is 2.64. The standard InChI is InChI=1S/C12H13N3O2S/c1-15-3-2-8-6(5-15)4-7-9(13)10(12(16)17)18-11(7)14-8/h4H,2-3,5,13H2,1H3,(H,16,17). The van der Waals surface area contributed by atoms with E-state index in [1.54, 1.807) is 0 Å². The Kier molecular flexibility index (Phi) is 2.49. The Morgan fingerprint density at radius 1 is 1.61 bits per heavy atom. The molecule has 0 amide bonds. The number of pyridine rings is 1. The number of nitrogens with zero attached hydrogens (tertiary/aromatic N) is 2.